The van der Waals surface area contributed by atoms with E-state index in [4.69, 9.17) is 0 Å². The first-order chi connectivity index (χ1) is 8.27. The summed E-state index contributed by atoms with van der Waals surface area (Å²) in [4.78, 5) is 11.8. The molecule has 3 heteroatoms. The summed E-state index contributed by atoms with van der Waals surface area (Å²) in [5.41, 5.74) is 6.44. The largest absolute Gasteiger partial charge is 0.287 e. The molecule has 3 nitrogen and oxygen atoms in total. The van der Waals surface area contributed by atoms with Crippen molar-refractivity contribution in [1.29, 1.82) is 0 Å². The van der Waals surface area contributed by atoms with Gasteiger partial charge < -0.3 is 0 Å². The number of hydrogen-bond donors (Lipinski definition) is 2. The molecule has 1 aromatic carbocycles. The van der Waals surface area contributed by atoms with E-state index in [0.717, 1.165) is 19.3 Å². The molecule has 0 aliphatic heterocycles. The summed E-state index contributed by atoms with van der Waals surface area (Å²) < 4.78 is 0. The molecule has 1 atom stereocenters. The number of carbonyl (C=O) groups excluding carboxylic acids is 1. The Morgan fingerprint density at radius 3 is 2.71 bits per heavy atom. The van der Waals surface area contributed by atoms with Crippen LogP contribution in [0.15, 0.2) is 43.0 Å². The fourth-order valence-electron chi connectivity index (χ4n) is 1.63. The zero-order chi connectivity index (χ0) is 12.5. The van der Waals surface area contributed by atoms with Gasteiger partial charge >= 0.3 is 0 Å². The zero-order valence-electron chi connectivity index (χ0n) is 10.3. The Hall–Kier alpha value is -1.61. The van der Waals surface area contributed by atoms with Crippen molar-refractivity contribution in [1.82, 2.24) is 10.9 Å². The SMILES string of the molecule is C=CC[C@@H](CCC)NNC(=O)c1ccccc1. The van der Waals surface area contributed by atoms with Crippen molar-refractivity contribution in [3.8, 4) is 0 Å². The molecule has 0 unspecified atom stereocenters. The van der Waals surface area contributed by atoms with E-state index >= 15 is 0 Å². The average Bonchev–Trinajstić information content (AvgIpc) is 2.37. The second kappa shape index (κ2) is 7.63. The van der Waals surface area contributed by atoms with Crippen LogP contribution in [-0.4, -0.2) is 11.9 Å². The third kappa shape index (κ3) is 4.83. The summed E-state index contributed by atoms with van der Waals surface area (Å²) in [5, 5.41) is 0. The molecule has 1 amide bonds. The van der Waals surface area contributed by atoms with E-state index in [1.807, 2.05) is 24.3 Å². The molecule has 0 aliphatic rings. The average molecular weight is 232 g/mol. The van der Waals surface area contributed by atoms with Crippen molar-refractivity contribution >= 4 is 5.91 Å². The number of hydrogen-bond acceptors (Lipinski definition) is 2. The van der Waals surface area contributed by atoms with Crippen LogP contribution >= 0.6 is 0 Å². The monoisotopic (exact) mass is 232 g/mol. The van der Waals surface area contributed by atoms with E-state index in [1.54, 1.807) is 12.1 Å². The molecule has 0 saturated heterocycles. The predicted octanol–water partition coefficient (Wildman–Crippen LogP) is 2.67. The number of nitrogens with one attached hydrogen (secondary N) is 2. The Morgan fingerprint density at radius 1 is 1.41 bits per heavy atom. The lowest BCUT2D eigenvalue weighted by atomic mass is 10.1. The van der Waals surface area contributed by atoms with E-state index in [1.165, 1.54) is 0 Å². The number of carbonyl (C=O) groups is 1. The molecule has 1 aromatic rings. The quantitative estimate of drug-likeness (QED) is 0.560. The number of amides is 1. The highest BCUT2D eigenvalue weighted by atomic mass is 16.2. The summed E-state index contributed by atoms with van der Waals surface area (Å²) >= 11 is 0. The molecule has 0 fully saturated rings. The summed E-state index contributed by atoms with van der Waals surface area (Å²) in [7, 11) is 0. The van der Waals surface area contributed by atoms with Crippen LogP contribution in [0.25, 0.3) is 0 Å². The lowest BCUT2D eigenvalue weighted by molar-refractivity contribution is 0.0924. The van der Waals surface area contributed by atoms with Crippen LogP contribution in [0.2, 0.25) is 0 Å². The molecule has 0 aliphatic carbocycles. The van der Waals surface area contributed by atoms with Crippen molar-refractivity contribution in [2.24, 2.45) is 0 Å². The Bertz CT molecular complexity index is 348. The smallest absolute Gasteiger partial charge is 0.265 e. The highest BCUT2D eigenvalue weighted by Gasteiger charge is 2.08. The third-order valence-corrected chi connectivity index (χ3v) is 2.51. The molecule has 2 N–H and O–H groups in total. The minimum Gasteiger partial charge on any atom is -0.287 e. The lowest BCUT2D eigenvalue weighted by Crippen LogP contribution is -2.44. The summed E-state index contributed by atoms with van der Waals surface area (Å²) in [6.45, 7) is 5.84. The van der Waals surface area contributed by atoms with Gasteiger partial charge in [-0.15, -0.1) is 6.58 Å². The Balaban J connectivity index is 2.43. The highest BCUT2D eigenvalue weighted by Crippen LogP contribution is 2.02. The molecule has 0 aromatic heterocycles. The molecular weight excluding hydrogens is 212 g/mol. The maximum Gasteiger partial charge on any atom is 0.265 e. The first-order valence-corrected chi connectivity index (χ1v) is 5.99. The Labute approximate surface area is 103 Å². The molecular formula is C14H20N2O. The van der Waals surface area contributed by atoms with Gasteiger partial charge in [0, 0.05) is 11.6 Å². The van der Waals surface area contributed by atoms with E-state index in [2.05, 4.69) is 24.4 Å². The molecule has 17 heavy (non-hydrogen) atoms. The van der Waals surface area contributed by atoms with Crippen LogP contribution in [-0.2, 0) is 0 Å². The van der Waals surface area contributed by atoms with Crippen LogP contribution in [0.1, 0.15) is 36.5 Å². The van der Waals surface area contributed by atoms with E-state index in [0.29, 0.717) is 5.56 Å². The molecule has 0 heterocycles. The van der Waals surface area contributed by atoms with Crippen molar-refractivity contribution < 1.29 is 4.79 Å². The van der Waals surface area contributed by atoms with Gasteiger partial charge in [-0.3, -0.25) is 10.2 Å². The van der Waals surface area contributed by atoms with E-state index in [9.17, 15) is 4.79 Å². The number of benzene rings is 1. The number of hydrazine groups is 1. The van der Waals surface area contributed by atoms with Crippen molar-refractivity contribution in [3.05, 3.63) is 48.6 Å². The standard InChI is InChI=1S/C14H20N2O/c1-3-8-13(9-4-2)15-16-14(17)12-10-6-5-7-11-12/h3,5-7,10-11,13,15H,1,4,8-9H2,2H3,(H,16,17)/t13-/m0/s1. The van der Waals surface area contributed by atoms with Crippen LogP contribution in [0.4, 0.5) is 0 Å². The van der Waals surface area contributed by atoms with Gasteiger partial charge in [0.05, 0.1) is 0 Å². The second-order valence-electron chi connectivity index (χ2n) is 3.97. The Morgan fingerprint density at radius 2 is 2.12 bits per heavy atom. The van der Waals surface area contributed by atoms with Crippen molar-refractivity contribution in [2.75, 3.05) is 0 Å². The van der Waals surface area contributed by atoms with Gasteiger partial charge in [0.1, 0.15) is 0 Å². The summed E-state index contributed by atoms with van der Waals surface area (Å²) in [6.07, 6.45) is 4.80. The minimum absolute atomic E-state index is 0.101. The molecule has 92 valence electrons. The van der Waals surface area contributed by atoms with Gasteiger partial charge in [-0.25, -0.2) is 5.43 Å². The predicted molar refractivity (Wildman–Crippen MR) is 70.6 cm³/mol. The first kappa shape index (κ1) is 13.5. The molecule has 0 spiro atoms. The fraction of sp³-hybridized carbons (Fsp3) is 0.357. The summed E-state index contributed by atoms with van der Waals surface area (Å²) in [5.74, 6) is -0.101. The van der Waals surface area contributed by atoms with Crippen LogP contribution < -0.4 is 10.9 Å². The first-order valence-electron chi connectivity index (χ1n) is 5.99. The van der Waals surface area contributed by atoms with Gasteiger partial charge in [0.25, 0.3) is 5.91 Å². The highest BCUT2D eigenvalue weighted by molar-refractivity contribution is 5.93. The van der Waals surface area contributed by atoms with Crippen LogP contribution in [0.3, 0.4) is 0 Å². The number of rotatable bonds is 7. The van der Waals surface area contributed by atoms with Gasteiger partial charge in [-0.05, 0) is 25.0 Å². The van der Waals surface area contributed by atoms with E-state index in [-0.39, 0.29) is 11.9 Å². The minimum atomic E-state index is -0.101. The van der Waals surface area contributed by atoms with Crippen molar-refractivity contribution in [2.45, 2.75) is 32.2 Å². The van der Waals surface area contributed by atoms with Gasteiger partial charge in [-0.2, -0.15) is 0 Å². The topological polar surface area (TPSA) is 41.1 Å². The van der Waals surface area contributed by atoms with E-state index < -0.39 is 0 Å². The molecule has 1 rings (SSSR count). The normalized spacial score (nSPS) is 11.8. The van der Waals surface area contributed by atoms with Crippen LogP contribution in [0.5, 0.6) is 0 Å². The zero-order valence-corrected chi connectivity index (χ0v) is 10.3. The maximum atomic E-state index is 11.8. The fourth-order valence-corrected chi connectivity index (χ4v) is 1.63. The molecule has 0 radical (unpaired) electrons. The van der Waals surface area contributed by atoms with Gasteiger partial charge in [-0.1, -0.05) is 37.6 Å². The van der Waals surface area contributed by atoms with Crippen molar-refractivity contribution in [3.63, 3.8) is 0 Å². The molecule has 0 bridgehead atoms. The van der Waals surface area contributed by atoms with Gasteiger partial charge in [0.2, 0.25) is 0 Å². The lowest BCUT2D eigenvalue weighted by Gasteiger charge is -2.16. The second-order valence-corrected chi connectivity index (χ2v) is 3.97. The third-order valence-electron chi connectivity index (χ3n) is 2.51. The maximum absolute atomic E-state index is 11.8. The Kier molecular flexibility index (Phi) is 6.04. The van der Waals surface area contributed by atoms with Gasteiger partial charge in [0.15, 0.2) is 0 Å². The summed E-state index contributed by atoms with van der Waals surface area (Å²) in [6, 6.07) is 9.43. The van der Waals surface area contributed by atoms with Crippen LogP contribution in [0, 0.1) is 0 Å². The molecule has 0 saturated carbocycles.